The number of alkyl halides is 3. The Morgan fingerprint density at radius 3 is 2.58 bits per heavy atom. The number of hydrogen-bond acceptors (Lipinski definition) is 3. The fourth-order valence-electron chi connectivity index (χ4n) is 3.10. The van der Waals surface area contributed by atoms with Gasteiger partial charge in [-0.3, -0.25) is 14.8 Å². The number of rotatable bonds is 5. The molecule has 2 heterocycles. The predicted molar refractivity (Wildman–Crippen MR) is 101 cm³/mol. The molecule has 0 aliphatic carbocycles. The fraction of sp³-hybridized carbons (Fsp3) is 0.800. The summed E-state index contributed by atoms with van der Waals surface area (Å²) in [5.74, 6) is 0.778. The Bertz CT molecular complexity index is 433. The van der Waals surface area contributed by atoms with E-state index in [0.717, 1.165) is 38.6 Å². The first kappa shape index (κ1) is 21.5. The van der Waals surface area contributed by atoms with Gasteiger partial charge in [0.25, 0.3) is 0 Å². The Balaban J connectivity index is 0.00000288. The van der Waals surface area contributed by atoms with Gasteiger partial charge in [-0.05, 0) is 13.5 Å². The molecule has 5 nitrogen and oxygen atoms in total. The number of halogens is 4. The highest BCUT2D eigenvalue weighted by molar-refractivity contribution is 14.0. The maximum Gasteiger partial charge on any atom is 0.401 e. The van der Waals surface area contributed by atoms with Crippen LogP contribution in [0.3, 0.4) is 0 Å². The minimum Gasteiger partial charge on any atom is -0.355 e. The smallest absolute Gasteiger partial charge is 0.355 e. The average Bonchev–Trinajstić information content (AvgIpc) is 3.11. The number of hydrogen-bond donors (Lipinski definition) is 1. The van der Waals surface area contributed by atoms with Crippen LogP contribution in [-0.2, 0) is 0 Å². The Labute approximate surface area is 159 Å². The largest absolute Gasteiger partial charge is 0.401 e. The third-order valence-corrected chi connectivity index (χ3v) is 4.26. The van der Waals surface area contributed by atoms with Crippen molar-refractivity contribution in [1.82, 2.24) is 20.0 Å². The van der Waals surface area contributed by atoms with E-state index in [9.17, 15) is 13.2 Å². The average molecular weight is 461 g/mol. The Morgan fingerprint density at radius 2 is 2.00 bits per heavy atom. The maximum absolute atomic E-state index is 12.3. The molecule has 24 heavy (non-hydrogen) atoms. The van der Waals surface area contributed by atoms with Crippen molar-refractivity contribution in [3.63, 3.8) is 0 Å². The first-order chi connectivity index (χ1) is 10.9. The normalized spacial score (nSPS) is 22.3. The van der Waals surface area contributed by atoms with E-state index in [1.165, 1.54) is 11.9 Å². The van der Waals surface area contributed by atoms with Crippen LogP contribution in [0.5, 0.6) is 0 Å². The molecule has 1 N–H and O–H groups in total. The molecule has 0 radical (unpaired) electrons. The van der Waals surface area contributed by atoms with Crippen LogP contribution in [0.4, 0.5) is 13.2 Å². The third kappa shape index (κ3) is 6.75. The first-order valence-electron chi connectivity index (χ1n) is 7.99. The lowest BCUT2D eigenvalue weighted by Gasteiger charge is -2.26. The Hall–Kier alpha value is -0.550. The summed E-state index contributed by atoms with van der Waals surface area (Å²) in [6.07, 6.45) is 1.32. The molecular formula is C15H27F3IN5. The summed E-state index contributed by atoms with van der Waals surface area (Å²) in [4.78, 5) is 10.1. The zero-order valence-corrected chi connectivity index (χ0v) is 16.6. The van der Waals surface area contributed by atoms with Crippen LogP contribution >= 0.6 is 24.0 Å². The van der Waals surface area contributed by atoms with Crippen LogP contribution in [0.15, 0.2) is 17.1 Å². The van der Waals surface area contributed by atoms with Crippen LogP contribution < -0.4 is 5.32 Å². The first-order valence-corrected chi connectivity index (χ1v) is 7.99. The van der Waals surface area contributed by atoms with Gasteiger partial charge in [0.2, 0.25) is 0 Å². The molecule has 1 fully saturated rings. The number of likely N-dealkylation sites (tertiary alicyclic amines) is 1. The second-order valence-electron chi connectivity index (χ2n) is 6.14. The number of likely N-dealkylation sites (N-methyl/N-ethyl adjacent to an activating group) is 1. The zero-order chi connectivity index (χ0) is 16.9. The second-order valence-corrected chi connectivity index (χ2v) is 6.14. The number of guanidine groups is 1. The topological polar surface area (TPSA) is 34.1 Å². The molecule has 2 rings (SSSR count). The number of nitrogens with zero attached hydrogens (tertiary/aromatic N) is 4. The molecule has 1 unspecified atom stereocenters. The molecule has 2 aliphatic heterocycles. The monoisotopic (exact) mass is 461 g/mol. The van der Waals surface area contributed by atoms with Crippen LogP contribution in [0.2, 0.25) is 0 Å². The molecule has 1 saturated heterocycles. The van der Waals surface area contributed by atoms with Crippen LogP contribution in [0.25, 0.3) is 0 Å². The van der Waals surface area contributed by atoms with Gasteiger partial charge in [0.05, 0.1) is 6.54 Å². The molecule has 0 aromatic heterocycles. The van der Waals surface area contributed by atoms with Gasteiger partial charge in [-0.2, -0.15) is 13.2 Å². The molecule has 0 bridgehead atoms. The lowest BCUT2D eigenvalue weighted by atomic mass is 10.2. The highest BCUT2D eigenvalue weighted by Crippen LogP contribution is 2.18. The molecule has 0 saturated carbocycles. The second kappa shape index (κ2) is 9.81. The van der Waals surface area contributed by atoms with Crippen molar-refractivity contribution in [2.45, 2.75) is 18.6 Å². The van der Waals surface area contributed by atoms with Gasteiger partial charge >= 0.3 is 6.18 Å². The highest BCUT2D eigenvalue weighted by Gasteiger charge is 2.30. The minimum atomic E-state index is -4.15. The van der Waals surface area contributed by atoms with E-state index in [1.54, 1.807) is 7.05 Å². The van der Waals surface area contributed by atoms with Crippen molar-refractivity contribution in [3.05, 3.63) is 12.2 Å². The van der Waals surface area contributed by atoms with Crippen LogP contribution in [-0.4, -0.2) is 92.8 Å². The van der Waals surface area contributed by atoms with E-state index in [0.29, 0.717) is 19.1 Å². The van der Waals surface area contributed by atoms with E-state index in [-0.39, 0.29) is 24.0 Å². The van der Waals surface area contributed by atoms with Gasteiger partial charge in [-0.25, -0.2) is 0 Å². The fourth-order valence-corrected chi connectivity index (χ4v) is 3.10. The molecule has 9 heteroatoms. The molecule has 0 spiro atoms. The van der Waals surface area contributed by atoms with E-state index < -0.39 is 12.7 Å². The standard InChI is InChI=1S/C15H26F3N5.HI/c1-19-14(20-6-10-21(2)12-15(16,17)18)23-9-5-13(11-23)22-7-3-4-8-22;/h3-4,13H,5-12H2,1-2H3,(H,19,20);1H. The van der Waals surface area contributed by atoms with E-state index in [2.05, 4.69) is 32.3 Å². The summed E-state index contributed by atoms with van der Waals surface area (Å²) >= 11 is 0. The molecule has 0 amide bonds. The van der Waals surface area contributed by atoms with Crippen molar-refractivity contribution in [3.8, 4) is 0 Å². The molecule has 0 aromatic rings. The van der Waals surface area contributed by atoms with Crippen molar-refractivity contribution in [2.75, 3.05) is 59.9 Å². The van der Waals surface area contributed by atoms with Gasteiger partial charge in [0, 0.05) is 52.4 Å². The summed E-state index contributed by atoms with van der Waals surface area (Å²) < 4.78 is 36.9. The summed E-state index contributed by atoms with van der Waals surface area (Å²) in [6.45, 7) is 3.75. The minimum absolute atomic E-state index is 0. The maximum atomic E-state index is 12.3. The summed E-state index contributed by atoms with van der Waals surface area (Å²) in [6, 6.07) is 0.524. The quantitative estimate of drug-likeness (QED) is 0.292. The molecule has 1 atom stereocenters. The molecular weight excluding hydrogens is 434 g/mol. The Morgan fingerprint density at radius 1 is 1.33 bits per heavy atom. The molecule has 140 valence electrons. The van der Waals surface area contributed by atoms with E-state index >= 15 is 0 Å². The summed E-state index contributed by atoms with van der Waals surface area (Å²) in [7, 11) is 3.19. The van der Waals surface area contributed by atoms with Gasteiger partial charge in [-0.1, -0.05) is 12.2 Å². The SMILES string of the molecule is CN=C(NCCN(C)CC(F)(F)F)N1CCC(N2CC=CC2)C1.I. The van der Waals surface area contributed by atoms with E-state index in [1.807, 2.05) is 0 Å². The van der Waals surface area contributed by atoms with Crippen molar-refractivity contribution >= 4 is 29.9 Å². The molecule has 2 aliphatic rings. The van der Waals surface area contributed by atoms with Gasteiger partial charge in [0.15, 0.2) is 5.96 Å². The van der Waals surface area contributed by atoms with E-state index in [4.69, 9.17) is 0 Å². The third-order valence-electron chi connectivity index (χ3n) is 4.26. The molecule has 0 aromatic carbocycles. The highest BCUT2D eigenvalue weighted by atomic mass is 127. The number of aliphatic imine (C=N–C) groups is 1. The van der Waals surface area contributed by atoms with Gasteiger partial charge < -0.3 is 10.2 Å². The summed E-state index contributed by atoms with van der Waals surface area (Å²) in [5.41, 5.74) is 0. The zero-order valence-electron chi connectivity index (χ0n) is 14.2. The van der Waals surface area contributed by atoms with Crippen LogP contribution in [0, 0.1) is 0 Å². The van der Waals surface area contributed by atoms with Crippen molar-refractivity contribution in [1.29, 1.82) is 0 Å². The Kier molecular flexibility index (Phi) is 8.78. The van der Waals surface area contributed by atoms with Crippen LogP contribution in [0.1, 0.15) is 6.42 Å². The van der Waals surface area contributed by atoms with Gasteiger partial charge in [0.1, 0.15) is 0 Å². The lowest BCUT2D eigenvalue weighted by Crippen LogP contribution is -2.45. The lowest BCUT2D eigenvalue weighted by molar-refractivity contribution is -0.142. The predicted octanol–water partition coefficient (Wildman–Crippen LogP) is 1.62. The van der Waals surface area contributed by atoms with Gasteiger partial charge in [-0.15, -0.1) is 24.0 Å². The number of nitrogens with one attached hydrogen (secondary N) is 1. The van der Waals surface area contributed by atoms with Crippen molar-refractivity contribution < 1.29 is 13.2 Å². The summed E-state index contributed by atoms with van der Waals surface area (Å²) in [5, 5.41) is 3.17. The van der Waals surface area contributed by atoms with Crippen molar-refractivity contribution in [2.24, 2.45) is 4.99 Å².